The predicted octanol–water partition coefficient (Wildman–Crippen LogP) is 1.47. The van der Waals surface area contributed by atoms with Crippen LogP contribution in [0.15, 0.2) is 24.3 Å². The van der Waals surface area contributed by atoms with Gasteiger partial charge in [0.05, 0.1) is 0 Å². The molecule has 1 N–H and O–H groups in total. The number of hydrogen-bond acceptors (Lipinski definition) is 2. The normalized spacial score (nSPS) is 10.8. The summed E-state index contributed by atoms with van der Waals surface area (Å²) < 4.78 is 0. The van der Waals surface area contributed by atoms with Crippen LogP contribution in [0.2, 0.25) is 0 Å². The quantitative estimate of drug-likeness (QED) is 0.751. The zero-order valence-corrected chi connectivity index (χ0v) is 8.67. The molecule has 0 aliphatic carbocycles. The molecule has 1 rings (SSSR count). The third kappa shape index (κ3) is 3.17. The lowest BCUT2D eigenvalue weighted by molar-refractivity contribution is 0.400. The molecule has 0 saturated heterocycles. The van der Waals surface area contributed by atoms with Gasteiger partial charge in [-0.1, -0.05) is 24.3 Å². The molecule has 0 aliphatic rings. The first kappa shape index (κ1) is 10.2. The molecule has 2 heteroatoms. The van der Waals surface area contributed by atoms with Crippen molar-refractivity contribution in [1.29, 1.82) is 0 Å². The van der Waals surface area contributed by atoms with Crippen molar-refractivity contribution in [2.24, 2.45) is 0 Å². The number of benzene rings is 1. The van der Waals surface area contributed by atoms with E-state index in [0.29, 0.717) is 0 Å². The molecule has 13 heavy (non-hydrogen) atoms. The van der Waals surface area contributed by atoms with Gasteiger partial charge in [-0.25, -0.2) is 0 Å². The maximum absolute atomic E-state index is 3.18. The van der Waals surface area contributed by atoms with E-state index >= 15 is 0 Å². The second-order valence-corrected chi connectivity index (χ2v) is 3.54. The van der Waals surface area contributed by atoms with Crippen molar-refractivity contribution >= 4 is 0 Å². The van der Waals surface area contributed by atoms with Gasteiger partial charge in [-0.3, -0.25) is 0 Å². The van der Waals surface area contributed by atoms with Gasteiger partial charge < -0.3 is 10.2 Å². The number of nitrogens with one attached hydrogen (secondary N) is 1. The molecule has 0 bridgehead atoms. The van der Waals surface area contributed by atoms with E-state index in [1.807, 2.05) is 7.05 Å². The van der Waals surface area contributed by atoms with E-state index in [-0.39, 0.29) is 0 Å². The molecule has 0 atom stereocenters. The van der Waals surface area contributed by atoms with Crippen LogP contribution in [-0.2, 0) is 13.1 Å². The van der Waals surface area contributed by atoms with Crippen molar-refractivity contribution in [2.75, 3.05) is 21.1 Å². The molecule has 0 aromatic heterocycles. The molecule has 72 valence electrons. The van der Waals surface area contributed by atoms with Gasteiger partial charge in [0.1, 0.15) is 0 Å². The van der Waals surface area contributed by atoms with Crippen LogP contribution in [-0.4, -0.2) is 26.0 Å². The van der Waals surface area contributed by atoms with E-state index in [4.69, 9.17) is 0 Å². The fourth-order valence-electron chi connectivity index (χ4n) is 1.42. The zero-order valence-electron chi connectivity index (χ0n) is 8.67. The van der Waals surface area contributed by atoms with E-state index in [2.05, 4.69) is 48.6 Å². The van der Waals surface area contributed by atoms with Gasteiger partial charge >= 0.3 is 0 Å². The predicted molar refractivity (Wildman–Crippen MR) is 56.6 cm³/mol. The minimum atomic E-state index is 0.948. The Balaban J connectivity index is 2.78. The summed E-state index contributed by atoms with van der Waals surface area (Å²) in [6.45, 7) is 1.96. The molecular weight excluding hydrogens is 160 g/mol. The Labute approximate surface area is 80.6 Å². The van der Waals surface area contributed by atoms with Crippen LogP contribution >= 0.6 is 0 Å². The fraction of sp³-hybridized carbons (Fsp3) is 0.455. The monoisotopic (exact) mass is 178 g/mol. The smallest absolute Gasteiger partial charge is 0.0230 e. The first-order valence-corrected chi connectivity index (χ1v) is 4.60. The molecule has 2 nitrogen and oxygen atoms in total. The van der Waals surface area contributed by atoms with Gasteiger partial charge in [-0.2, -0.15) is 0 Å². The standard InChI is InChI=1S/C11H18N2/c1-12-8-10-6-4-5-7-11(10)9-13(2)3/h4-7,12H,8-9H2,1-3H3. The lowest BCUT2D eigenvalue weighted by Gasteiger charge is -2.13. The SMILES string of the molecule is CNCc1ccccc1CN(C)C. The summed E-state index contributed by atoms with van der Waals surface area (Å²) in [6.07, 6.45) is 0. The largest absolute Gasteiger partial charge is 0.316 e. The highest BCUT2D eigenvalue weighted by Crippen LogP contribution is 2.09. The lowest BCUT2D eigenvalue weighted by atomic mass is 10.1. The van der Waals surface area contributed by atoms with E-state index in [9.17, 15) is 0 Å². The number of rotatable bonds is 4. The molecule has 0 radical (unpaired) electrons. The molecule has 0 spiro atoms. The van der Waals surface area contributed by atoms with Gasteiger partial charge in [0, 0.05) is 13.1 Å². The molecule has 0 aliphatic heterocycles. The van der Waals surface area contributed by atoms with Crippen LogP contribution < -0.4 is 5.32 Å². The molecule has 0 amide bonds. The third-order valence-corrected chi connectivity index (χ3v) is 1.97. The van der Waals surface area contributed by atoms with Gasteiger partial charge in [-0.05, 0) is 32.3 Å². The van der Waals surface area contributed by atoms with Crippen LogP contribution in [0.3, 0.4) is 0 Å². The molecule has 1 aromatic carbocycles. The van der Waals surface area contributed by atoms with Gasteiger partial charge in [0.15, 0.2) is 0 Å². The van der Waals surface area contributed by atoms with E-state index < -0.39 is 0 Å². The third-order valence-electron chi connectivity index (χ3n) is 1.97. The van der Waals surface area contributed by atoms with E-state index in [0.717, 1.165) is 13.1 Å². The second-order valence-electron chi connectivity index (χ2n) is 3.54. The second kappa shape index (κ2) is 5.00. The van der Waals surface area contributed by atoms with Crippen molar-refractivity contribution in [3.8, 4) is 0 Å². The van der Waals surface area contributed by atoms with Crippen molar-refractivity contribution in [3.63, 3.8) is 0 Å². The summed E-state index contributed by atoms with van der Waals surface area (Å²) in [4.78, 5) is 2.19. The fourth-order valence-corrected chi connectivity index (χ4v) is 1.42. The number of hydrogen-bond donors (Lipinski definition) is 1. The Morgan fingerprint density at radius 3 is 2.31 bits per heavy atom. The minimum Gasteiger partial charge on any atom is -0.316 e. The van der Waals surface area contributed by atoms with Crippen LogP contribution in [0, 0.1) is 0 Å². The average Bonchev–Trinajstić information content (AvgIpc) is 2.08. The summed E-state index contributed by atoms with van der Waals surface area (Å²) in [7, 11) is 6.17. The van der Waals surface area contributed by atoms with Crippen LogP contribution in [0.1, 0.15) is 11.1 Å². The molecule has 0 saturated carbocycles. The van der Waals surface area contributed by atoms with Crippen molar-refractivity contribution in [2.45, 2.75) is 13.1 Å². The highest BCUT2D eigenvalue weighted by molar-refractivity contribution is 5.26. The molecule has 0 heterocycles. The Morgan fingerprint density at radius 1 is 1.15 bits per heavy atom. The maximum Gasteiger partial charge on any atom is 0.0230 e. The van der Waals surface area contributed by atoms with Crippen molar-refractivity contribution in [1.82, 2.24) is 10.2 Å². The van der Waals surface area contributed by atoms with Gasteiger partial charge in [0.2, 0.25) is 0 Å². The average molecular weight is 178 g/mol. The van der Waals surface area contributed by atoms with Gasteiger partial charge in [-0.15, -0.1) is 0 Å². The maximum atomic E-state index is 3.18. The summed E-state index contributed by atoms with van der Waals surface area (Å²) in [5.74, 6) is 0. The lowest BCUT2D eigenvalue weighted by Crippen LogP contribution is -2.14. The summed E-state index contributed by atoms with van der Waals surface area (Å²) >= 11 is 0. The highest BCUT2D eigenvalue weighted by atomic mass is 15.0. The Kier molecular flexibility index (Phi) is 3.93. The van der Waals surface area contributed by atoms with Crippen LogP contribution in [0.5, 0.6) is 0 Å². The Morgan fingerprint density at radius 2 is 1.77 bits per heavy atom. The van der Waals surface area contributed by atoms with Crippen LogP contribution in [0.4, 0.5) is 0 Å². The summed E-state index contributed by atoms with van der Waals surface area (Å²) in [5, 5.41) is 3.18. The van der Waals surface area contributed by atoms with E-state index in [1.54, 1.807) is 0 Å². The van der Waals surface area contributed by atoms with Gasteiger partial charge in [0.25, 0.3) is 0 Å². The van der Waals surface area contributed by atoms with Crippen LogP contribution in [0.25, 0.3) is 0 Å². The molecule has 0 fully saturated rings. The molecule has 1 aromatic rings. The molecule has 0 unspecified atom stereocenters. The number of nitrogens with zero attached hydrogens (tertiary/aromatic N) is 1. The van der Waals surface area contributed by atoms with E-state index in [1.165, 1.54) is 11.1 Å². The summed E-state index contributed by atoms with van der Waals surface area (Å²) in [6, 6.07) is 8.55. The molecular formula is C11H18N2. The minimum absolute atomic E-state index is 0.948. The Bertz CT molecular complexity index is 256. The van der Waals surface area contributed by atoms with Crippen molar-refractivity contribution in [3.05, 3.63) is 35.4 Å². The first-order valence-electron chi connectivity index (χ1n) is 4.60. The Hall–Kier alpha value is -0.860. The topological polar surface area (TPSA) is 15.3 Å². The van der Waals surface area contributed by atoms with Crippen molar-refractivity contribution < 1.29 is 0 Å². The summed E-state index contributed by atoms with van der Waals surface area (Å²) in [5.41, 5.74) is 2.79. The first-order chi connectivity index (χ1) is 6.24. The zero-order chi connectivity index (χ0) is 9.68. The highest BCUT2D eigenvalue weighted by Gasteiger charge is 2.00.